The molecule has 0 aliphatic heterocycles. The lowest BCUT2D eigenvalue weighted by molar-refractivity contribution is -0.118. The Hall–Kier alpha value is -3.13. The number of anilines is 1. The summed E-state index contributed by atoms with van der Waals surface area (Å²) in [6, 6.07) is 7.62. The molecule has 2 aromatic heterocycles. The normalized spacial score (nSPS) is 10.9. The van der Waals surface area contributed by atoms with Gasteiger partial charge < -0.3 is 15.5 Å². The van der Waals surface area contributed by atoms with E-state index in [-0.39, 0.29) is 12.5 Å². The Morgan fingerprint density at radius 3 is 2.79 bits per heavy atom. The van der Waals surface area contributed by atoms with Gasteiger partial charge in [0.2, 0.25) is 0 Å². The molecule has 0 bridgehead atoms. The van der Waals surface area contributed by atoms with Gasteiger partial charge in [-0.25, -0.2) is 4.98 Å². The first-order valence-electron chi connectivity index (χ1n) is 8.81. The van der Waals surface area contributed by atoms with Gasteiger partial charge in [0.15, 0.2) is 11.7 Å². The van der Waals surface area contributed by atoms with Crippen LogP contribution < -0.4 is 15.8 Å². The highest BCUT2D eigenvalue weighted by atomic mass is 32.1. The Labute approximate surface area is 166 Å². The van der Waals surface area contributed by atoms with Gasteiger partial charge >= 0.3 is 0 Å². The molecule has 28 heavy (non-hydrogen) atoms. The topological polar surface area (TPSA) is 110 Å². The third-order valence-corrected chi connectivity index (χ3v) is 4.90. The number of rotatable bonds is 7. The molecule has 0 unspecified atom stereocenters. The molecule has 0 radical (unpaired) electrons. The molecule has 1 aromatic carbocycles. The van der Waals surface area contributed by atoms with Crippen molar-refractivity contribution in [1.82, 2.24) is 9.97 Å². The minimum absolute atomic E-state index is 0.103. The third kappa shape index (κ3) is 4.58. The summed E-state index contributed by atoms with van der Waals surface area (Å²) in [5, 5.41) is 4.99. The number of nitrogens with two attached hydrogens (primary N) is 1. The highest BCUT2D eigenvalue weighted by Gasteiger charge is 2.13. The first kappa shape index (κ1) is 19.6. The van der Waals surface area contributed by atoms with Crippen molar-refractivity contribution in [3.63, 3.8) is 0 Å². The first-order chi connectivity index (χ1) is 13.3. The van der Waals surface area contributed by atoms with Crippen molar-refractivity contribution in [3.8, 4) is 17.0 Å². The lowest BCUT2D eigenvalue weighted by Gasteiger charge is -2.14. The summed E-state index contributed by atoms with van der Waals surface area (Å²) >= 11 is 1.29. The number of benzene rings is 1. The van der Waals surface area contributed by atoms with Gasteiger partial charge in [-0.3, -0.25) is 14.9 Å². The molecule has 2 heterocycles. The standard InChI is InChI=1S/C20H22N4O3S/c1-11(2)14-5-4-12(3)6-17(14)27-9-18(25)24-20-23-16(10-28-20)13-7-15(19(21)26)22-8-13/h4-8,10-11,22H,9H2,1-3H3,(H2,21,26)(H,23,24,25). The van der Waals surface area contributed by atoms with E-state index in [9.17, 15) is 9.59 Å². The van der Waals surface area contributed by atoms with Gasteiger partial charge in [0, 0.05) is 17.1 Å². The number of amides is 2. The molecule has 3 rings (SSSR count). The highest BCUT2D eigenvalue weighted by molar-refractivity contribution is 7.14. The van der Waals surface area contributed by atoms with Gasteiger partial charge in [-0.15, -0.1) is 11.3 Å². The zero-order valence-corrected chi connectivity index (χ0v) is 16.7. The van der Waals surface area contributed by atoms with Gasteiger partial charge in [-0.1, -0.05) is 26.0 Å². The Balaban J connectivity index is 1.62. The van der Waals surface area contributed by atoms with Crippen LogP contribution in [0.3, 0.4) is 0 Å². The van der Waals surface area contributed by atoms with Crippen LogP contribution in [0.5, 0.6) is 5.75 Å². The van der Waals surface area contributed by atoms with Crippen molar-refractivity contribution in [1.29, 1.82) is 0 Å². The fraction of sp³-hybridized carbons (Fsp3) is 0.250. The second-order valence-corrected chi connectivity index (χ2v) is 7.60. The summed E-state index contributed by atoms with van der Waals surface area (Å²) in [7, 11) is 0. The minimum atomic E-state index is -0.538. The van der Waals surface area contributed by atoms with Crippen LogP contribution in [0, 0.1) is 6.92 Å². The van der Waals surface area contributed by atoms with Crippen molar-refractivity contribution in [2.45, 2.75) is 26.7 Å². The Bertz CT molecular complexity index is 1010. The van der Waals surface area contributed by atoms with Crippen LogP contribution in [0.1, 0.15) is 41.4 Å². The second-order valence-electron chi connectivity index (χ2n) is 6.74. The molecule has 3 aromatic rings. The second kappa shape index (κ2) is 8.26. The summed E-state index contributed by atoms with van der Waals surface area (Å²) in [5.74, 6) is 0.191. The van der Waals surface area contributed by atoms with Crippen molar-refractivity contribution in [2.75, 3.05) is 11.9 Å². The van der Waals surface area contributed by atoms with E-state index in [0.29, 0.717) is 22.4 Å². The molecule has 0 saturated carbocycles. The lowest BCUT2D eigenvalue weighted by atomic mass is 10.0. The number of aromatic nitrogens is 2. The number of carbonyl (C=O) groups is 2. The maximum absolute atomic E-state index is 12.3. The van der Waals surface area contributed by atoms with Crippen LogP contribution in [0.4, 0.5) is 5.13 Å². The van der Waals surface area contributed by atoms with Gasteiger partial charge in [-0.2, -0.15) is 0 Å². The fourth-order valence-electron chi connectivity index (χ4n) is 2.69. The lowest BCUT2D eigenvalue weighted by Crippen LogP contribution is -2.20. The van der Waals surface area contributed by atoms with E-state index in [4.69, 9.17) is 10.5 Å². The van der Waals surface area contributed by atoms with Crippen molar-refractivity contribution < 1.29 is 14.3 Å². The van der Waals surface area contributed by atoms with E-state index in [1.54, 1.807) is 17.6 Å². The van der Waals surface area contributed by atoms with Crippen molar-refractivity contribution in [3.05, 3.63) is 52.7 Å². The van der Waals surface area contributed by atoms with Crippen LogP contribution in [0.25, 0.3) is 11.3 Å². The number of nitrogens with zero attached hydrogens (tertiary/aromatic N) is 1. The van der Waals surface area contributed by atoms with Crippen molar-refractivity contribution >= 4 is 28.3 Å². The van der Waals surface area contributed by atoms with Crippen LogP contribution in [0.15, 0.2) is 35.8 Å². The maximum atomic E-state index is 12.3. The van der Waals surface area contributed by atoms with E-state index in [2.05, 4.69) is 29.1 Å². The number of hydrogen-bond acceptors (Lipinski definition) is 5. The molecule has 0 aliphatic carbocycles. The molecule has 7 nitrogen and oxygen atoms in total. The average molecular weight is 398 g/mol. The van der Waals surface area contributed by atoms with Gasteiger partial charge in [0.05, 0.1) is 5.69 Å². The number of nitrogens with one attached hydrogen (secondary N) is 2. The Morgan fingerprint density at radius 1 is 1.32 bits per heavy atom. The molecule has 4 N–H and O–H groups in total. The molecule has 2 amide bonds. The molecular formula is C20H22N4O3S. The quantitative estimate of drug-likeness (QED) is 0.564. The van der Waals surface area contributed by atoms with Crippen LogP contribution in [0.2, 0.25) is 0 Å². The summed E-state index contributed by atoms with van der Waals surface area (Å²) in [6.45, 7) is 6.05. The predicted molar refractivity (Wildman–Crippen MR) is 110 cm³/mol. The highest BCUT2D eigenvalue weighted by Crippen LogP contribution is 2.28. The summed E-state index contributed by atoms with van der Waals surface area (Å²) < 4.78 is 5.74. The average Bonchev–Trinajstić information content (AvgIpc) is 3.29. The monoisotopic (exact) mass is 398 g/mol. The number of H-pyrrole nitrogens is 1. The smallest absolute Gasteiger partial charge is 0.265 e. The number of primary amides is 1. The number of aryl methyl sites for hydroxylation is 1. The van der Waals surface area contributed by atoms with E-state index in [0.717, 1.165) is 22.4 Å². The van der Waals surface area contributed by atoms with Crippen LogP contribution in [-0.4, -0.2) is 28.4 Å². The van der Waals surface area contributed by atoms with E-state index in [1.165, 1.54) is 11.3 Å². The molecule has 0 aliphatic rings. The van der Waals surface area contributed by atoms with Gasteiger partial charge in [0.25, 0.3) is 11.8 Å². The third-order valence-electron chi connectivity index (χ3n) is 4.14. The molecule has 0 atom stereocenters. The summed E-state index contributed by atoms with van der Waals surface area (Å²) in [6.07, 6.45) is 1.65. The Morgan fingerprint density at radius 2 is 2.11 bits per heavy atom. The number of aromatic amines is 1. The molecule has 0 spiro atoms. The number of ether oxygens (including phenoxy) is 1. The van der Waals surface area contributed by atoms with Gasteiger partial charge in [0.1, 0.15) is 11.4 Å². The SMILES string of the molecule is Cc1ccc(C(C)C)c(OCC(=O)Nc2nc(-c3c[nH]c(C(N)=O)c3)cs2)c1. The van der Waals surface area contributed by atoms with E-state index < -0.39 is 5.91 Å². The number of carbonyl (C=O) groups excluding carboxylic acids is 2. The van der Waals surface area contributed by atoms with E-state index in [1.807, 2.05) is 25.1 Å². The molecular weight excluding hydrogens is 376 g/mol. The first-order valence-corrected chi connectivity index (χ1v) is 9.68. The summed E-state index contributed by atoms with van der Waals surface area (Å²) in [5.41, 5.74) is 9.05. The van der Waals surface area contributed by atoms with E-state index >= 15 is 0 Å². The van der Waals surface area contributed by atoms with Crippen LogP contribution >= 0.6 is 11.3 Å². The molecule has 146 valence electrons. The molecule has 8 heteroatoms. The zero-order chi connectivity index (χ0) is 20.3. The zero-order valence-electron chi connectivity index (χ0n) is 15.9. The summed E-state index contributed by atoms with van der Waals surface area (Å²) in [4.78, 5) is 30.6. The van der Waals surface area contributed by atoms with Crippen molar-refractivity contribution in [2.24, 2.45) is 5.73 Å². The molecule has 0 saturated heterocycles. The Kier molecular flexibility index (Phi) is 5.79. The minimum Gasteiger partial charge on any atom is -0.483 e. The maximum Gasteiger partial charge on any atom is 0.265 e. The number of hydrogen-bond donors (Lipinski definition) is 3. The fourth-order valence-corrected chi connectivity index (χ4v) is 3.43. The van der Waals surface area contributed by atoms with Gasteiger partial charge in [-0.05, 0) is 36.1 Å². The largest absolute Gasteiger partial charge is 0.483 e. The predicted octanol–water partition coefficient (Wildman–Crippen LogP) is 3.69. The van der Waals surface area contributed by atoms with Crippen LogP contribution in [-0.2, 0) is 4.79 Å². The number of thiazole rings is 1. The molecule has 0 fully saturated rings.